The van der Waals surface area contributed by atoms with Gasteiger partial charge in [-0.15, -0.1) is 0 Å². The number of rotatable bonds is 22. The fraction of sp³-hybridized carbons (Fsp3) is 0.962. The first kappa shape index (κ1) is 27.5. The lowest BCUT2D eigenvalue weighted by molar-refractivity contribution is -0.149. The molecule has 0 rings (SSSR count). The Morgan fingerprint density at radius 3 is 1.39 bits per heavy atom. The smallest absolute Gasteiger partial charge is 0.308 e. The lowest BCUT2D eigenvalue weighted by Gasteiger charge is -2.16. The summed E-state index contributed by atoms with van der Waals surface area (Å²) >= 11 is 0. The van der Waals surface area contributed by atoms with E-state index in [2.05, 4.69) is 20.8 Å². The fourth-order valence-electron chi connectivity index (χ4n) is 3.90. The average Bonchev–Trinajstić information content (AvgIpc) is 2.70. The lowest BCUT2D eigenvalue weighted by atomic mass is 9.94. The Bertz CT molecular complexity index is 314. The van der Waals surface area contributed by atoms with Crippen LogP contribution in [-0.2, 0) is 9.53 Å². The summed E-state index contributed by atoms with van der Waals surface area (Å²) in [6, 6.07) is 0. The van der Waals surface area contributed by atoms with E-state index in [0.717, 1.165) is 25.7 Å². The highest BCUT2D eigenvalue weighted by Gasteiger charge is 2.19. The van der Waals surface area contributed by atoms with Crippen molar-refractivity contribution in [1.29, 1.82) is 0 Å². The van der Waals surface area contributed by atoms with Crippen LogP contribution in [0.5, 0.6) is 0 Å². The van der Waals surface area contributed by atoms with Gasteiger partial charge in [0.25, 0.3) is 0 Å². The summed E-state index contributed by atoms with van der Waals surface area (Å²) in [6.45, 7) is 7.31. The molecule has 0 fully saturated rings. The maximum Gasteiger partial charge on any atom is 0.308 e. The van der Waals surface area contributed by atoms with Gasteiger partial charge in [-0.05, 0) is 19.3 Å². The first-order valence-electron chi connectivity index (χ1n) is 12.9. The molecule has 0 N–H and O–H groups in total. The highest BCUT2D eigenvalue weighted by Crippen LogP contribution is 2.20. The standard InChI is InChI=1S/C26H52O2/c1-4-7-10-11-12-13-14-15-16-17-18-20-23-25(22-19-8-5-2)26(27)28-24-21-9-6-3/h25H,4-24H2,1-3H3. The summed E-state index contributed by atoms with van der Waals surface area (Å²) in [5.74, 6) is 0.228. The summed E-state index contributed by atoms with van der Waals surface area (Å²) in [4.78, 5) is 12.4. The van der Waals surface area contributed by atoms with Crippen LogP contribution in [0.1, 0.15) is 149 Å². The second-order valence-electron chi connectivity index (χ2n) is 8.75. The van der Waals surface area contributed by atoms with Crippen molar-refractivity contribution in [2.75, 3.05) is 6.61 Å². The molecule has 0 saturated carbocycles. The van der Waals surface area contributed by atoms with Gasteiger partial charge in [0, 0.05) is 0 Å². The molecule has 1 unspecified atom stereocenters. The molecule has 0 aliphatic rings. The second-order valence-corrected chi connectivity index (χ2v) is 8.75. The van der Waals surface area contributed by atoms with Gasteiger partial charge in [0.2, 0.25) is 0 Å². The van der Waals surface area contributed by atoms with E-state index in [1.807, 2.05) is 0 Å². The van der Waals surface area contributed by atoms with Gasteiger partial charge in [0.15, 0.2) is 0 Å². The molecule has 0 heterocycles. The molecule has 0 spiro atoms. The maximum atomic E-state index is 12.4. The Morgan fingerprint density at radius 2 is 0.893 bits per heavy atom. The van der Waals surface area contributed by atoms with Gasteiger partial charge in [-0.2, -0.15) is 0 Å². The third-order valence-electron chi connectivity index (χ3n) is 5.89. The van der Waals surface area contributed by atoms with E-state index in [0.29, 0.717) is 6.61 Å². The molecule has 168 valence electrons. The zero-order valence-corrected chi connectivity index (χ0v) is 19.7. The van der Waals surface area contributed by atoms with E-state index >= 15 is 0 Å². The predicted molar refractivity (Wildman–Crippen MR) is 124 cm³/mol. The highest BCUT2D eigenvalue weighted by atomic mass is 16.5. The average molecular weight is 397 g/mol. The lowest BCUT2D eigenvalue weighted by Crippen LogP contribution is -2.18. The van der Waals surface area contributed by atoms with E-state index in [-0.39, 0.29) is 11.9 Å². The Labute approximate surface area is 177 Å². The topological polar surface area (TPSA) is 26.3 Å². The molecule has 0 aromatic carbocycles. The monoisotopic (exact) mass is 396 g/mol. The third kappa shape index (κ3) is 18.8. The molecule has 0 amide bonds. The van der Waals surface area contributed by atoms with E-state index in [9.17, 15) is 4.79 Å². The fourth-order valence-corrected chi connectivity index (χ4v) is 3.90. The first-order valence-corrected chi connectivity index (χ1v) is 12.9. The molecule has 0 bridgehead atoms. The number of esters is 1. The Hall–Kier alpha value is -0.530. The number of hydrogen-bond donors (Lipinski definition) is 0. The molecule has 0 radical (unpaired) electrons. The van der Waals surface area contributed by atoms with E-state index in [4.69, 9.17) is 4.74 Å². The van der Waals surface area contributed by atoms with Crippen LogP contribution in [0.25, 0.3) is 0 Å². The summed E-state index contributed by atoms with van der Waals surface area (Å²) < 4.78 is 5.56. The number of carbonyl (C=O) groups excluding carboxylic acids is 1. The van der Waals surface area contributed by atoms with E-state index < -0.39 is 0 Å². The molecule has 28 heavy (non-hydrogen) atoms. The quantitative estimate of drug-likeness (QED) is 0.135. The SMILES string of the molecule is CCCCCCCCCCCCCCC(CCCCC)C(=O)OCCCCC. The zero-order chi connectivity index (χ0) is 20.7. The number of unbranched alkanes of at least 4 members (excludes halogenated alkanes) is 15. The molecule has 0 aromatic heterocycles. The summed E-state index contributed by atoms with van der Waals surface area (Å²) in [5.41, 5.74) is 0. The predicted octanol–water partition coefficient (Wildman–Crippen LogP) is 9.01. The van der Waals surface area contributed by atoms with E-state index in [1.54, 1.807) is 0 Å². The molecule has 0 saturated heterocycles. The molecule has 2 nitrogen and oxygen atoms in total. The third-order valence-corrected chi connectivity index (χ3v) is 5.89. The highest BCUT2D eigenvalue weighted by molar-refractivity contribution is 5.72. The number of carbonyl (C=O) groups is 1. The van der Waals surface area contributed by atoms with Crippen molar-refractivity contribution in [3.05, 3.63) is 0 Å². The maximum absolute atomic E-state index is 12.4. The van der Waals surface area contributed by atoms with Gasteiger partial charge in [-0.25, -0.2) is 0 Å². The molecule has 0 aliphatic heterocycles. The van der Waals surface area contributed by atoms with Crippen LogP contribution >= 0.6 is 0 Å². The van der Waals surface area contributed by atoms with Crippen molar-refractivity contribution in [2.45, 2.75) is 149 Å². The van der Waals surface area contributed by atoms with Crippen LogP contribution in [0.15, 0.2) is 0 Å². The largest absolute Gasteiger partial charge is 0.465 e. The second kappa shape index (κ2) is 22.8. The Morgan fingerprint density at radius 1 is 0.536 bits per heavy atom. The van der Waals surface area contributed by atoms with Crippen LogP contribution < -0.4 is 0 Å². The van der Waals surface area contributed by atoms with Gasteiger partial charge in [-0.1, -0.05) is 130 Å². The van der Waals surface area contributed by atoms with Crippen LogP contribution in [0, 0.1) is 5.92 Å². The molecule has 1 atom stereocenters. The van der Waals surface area contributed by atoms with Gasteiger partial charge in [0.05, 0.1) is 12.5 Å². The van der Waals surface area contributed by atoms with Crippen molar-refractivity contribution in [1.82, 2.24) is 0 Å². The van der Waals surface area contributed by atoms with Crippen molar-refractivity contribution >= 4 is 5.97 Å². The normalized spacial score (nSPS) is 12.2. The van der Waals surface area contributed by atoms with Crippen molar-refractivity contribution < 1.29 is 9.53 Å². The molecular weight excluding hydrogens is 344 g/mol. The molecule has 0 aromatic rings. The summed E-state index contributed by atoms with van der Waals surface area (Å²) in [7, 11) is 0. The van der Waals surface area contributed by atoms with Crippen molar-refractivity contribution in [2.24, 2.45) is 5.92 Å². The molecule has 0 aliphatic carbocycles. The zero-order valence-electron chi connectivity index (χ0n) is 19.7. The van der Waals surface area contributed by atoms with Crippen molar-refractivity contribution in [3.63, 3.8) is 0 Å². The Balaban J connectivity index is 3.72. The van der Waals surface area contributed by atoms with Gasteiger partial charge in [0.1, 0.15) is 0 Å². The first-order chi connectivity index (χ1) is 13.8. The Kier molecular flexibility index (Phi) is 22.3. The van der Waals surface area contributed by atoms with Crippen LogP contribution in [-0.4, -0.2) is 12.6 Å². The molecular formula is C26H52O2. The summed E-state index contributed by atoms with van der Waals surface area (Å²) in [5, 5.41) is 0. The summed E-state index contributed by atoms with van der Waals surface area (Å²) in [6.07, 6.45) is 25.5. The number of hydrogen-bond acceptors (Lipinski definition) is 2. The van der Waals surface area contributed by atoms with Crippen LogP contribution in [0.3, 0.4) is 0 Å². The van der Waals surface area contributed by atoms with Crippen LogP contribution in [0.4, 0.5) is 0 Å². The minimum absolute atomic E-state index is 0.0790. The van der Waals surface area contributed by atoms with Crippen LogP contribution in [0.2, 0.25) is 0 Å². The van der Waals surface area contributed by atoms with Gasteiger partial charge in [-0.3, -0.25) is 4.79 Å². The van der Waals surface area contributed by atoms with E-state index in [1.165, 1.54) is 103 Å². The minimum atomic E-state index is 0.0790. The minimum Gasteiger partial charge on any atom is -0.465 e. The number of ether oxygens (including phenoxy) is 1. The van der Waals surface area contributed by atoms with Gasteiger partial charge < -0.3 is 4.74 Å². The van der Waals surface area contributed by atoms with Gasteiger partial charge >= 0.3 is 5.97 Å². The molecule has 2 heteroatoms. The van der Waals surface area contributed by atoms with Crippen molar-refractivity contribution in [3.8, 4) is 0 Å².